The van der Waals surface area contributed by atoms with E-state index in [1.54, 1.807) is 13.2 Å². The number of nitrogens with zero attached hydrogens (tertiary/aromatic N) is 2. The Kier molecular flexibility index (Phi) is 8.39. The Bertz CT molecular complexity index is 348. The van der Waals surface area contributed by atoms with E-state index >= 15 is 0 Å². The first-order chi connectivity index (χ1) is 9.22. The topological polar surface area (TPSA) is 88.7 Å². The van der Waals surface area contributed by atoms with Crippen molar-refractivity contribution >= 4 is 21.7 Å². The maximum atomic E-state index is 5.55. The third kappa shape index (κ3) is 7.93. The molecule has 2 N–H and O–H groups in total. The van der Waals surface area contributed by atoms with E-state index in [4.69, 9.17) is 24.7 Å². The average Bonchev–Trinajstić information content (AvgIpc) is 2.36. The zero-order chi connectivity index (χ0) is 13.9. The molecule has 1 rings (SSSR count). The van der Waals surface area contributed by atoms with Gasteiger partial charge in [0.25, 0.3) is 0 Å². The number of hydrogen-bond donors (Lipinski definition) is 1. The molecule has 0 saturated heterocycles. The van der Waals surface area contributed by atoms with Crippen LogP contribution in [0.2, 0.25) is 0 Å². The number of ether oxygens (including phenoxy) is 4. The fraction of sp³-hybridized carbons (Fsp3) is 0.636. The summed E-state index contributed by atoms with van der Waals surface area (Å²) in [6, 6.07) is 1.83. The predicted molar refractivity (Wildman–Crippen MR) is 73.2 cm³/mol. The maximum Gasteiger partial charge on any atom is 0.319 e. The molecule has 0 fully saturated rings. The molecule has 0 saturated carbocycles. The van der Waals surface area contributed by atoms with Gasteiger partial charge in [-0.05, 0) is 15.9 Å². The van der Waals surface area contributed by atoms with Gasteiger partial charge in [-0.3, -0.25) is 0 Å². The number of nitrogens with two attached hydrogens (primary N) is 1. The molecule has 19 heavy (non-hydrogen) atoms. The van der Waals surface area contributed by atoms with Gasteiger partial charge in [0, 0.05) is 13.2 Å². The van der Waals surface area contributed by atoms with Crippen molar-refractivity contribution < 1.29 is 18.9 Å². The smallest absolute Gasteiger partial charge is 0.319 e. The second kappa shape index (κ2) is 9.90. The maximum absolute atomic E-state index is 5.55. The summed E-state index contributed by atoms with van der Waals surface area (Å²) in [6.07, 6.45) is 0. The van der Waals surface area contributed by atoms with Crippen LogP contribution < -0.4 is 10.5 Å². The average molecular weight is 336 g/mol. The highest BCUT2D eigenvalue weighted by atomic mass is 79.9. The van der Waals surface area contributed by atoms with Crippen LogP contribution in [0.15, 0.2) is 10.7 Å². The molecule has 1 aromatic rings. The van der Waals surface area contributed by atoms with Gasteiger partial charge in [0.15, 0.2) is 0 Å². The highest BCUT2D eigenvalue weighted by Gasteiger charge is 2.01. The lowest BCUT2D eigenvalue weighted by Crippen LogP contribution is -2.13. The van der Waals surface area contributed by atoms with Crippen molar-refractivity contribution in [3.8, 4) is 6.01 Å². The molecule has 0 atom stereocenters. The first-order valence-electron chi connectivity index (χ1n) is 5.79. The first kappa shape index (κ1) is 16.1. The van der Waals surface area contributed by atoms with Crippen molar-refractivity contribution in [1.29, 1.82) is 0 Å². The minimum atomic E-state index is 0.229. The second-order valence-corrected chi connectivity index (χ2v) is 4.28. The van der Waals surface area contributed by atoms with Crippen molar-refractivity contribution in [2.75, 3.05) is 52.5 Å². The molecular formula is C11H18BrN3O4. The van der Waals surface area contributed by atoms with Gasteiger partial charge >= 0.3 is 6.01 Å². The number of anilines is 1. The van der Waals surface area contributed by atoms with E-state index in [1.165, 1.54) is 0 Å². The largest absolute Gasteiger partial charge is 0.461 e. The van der Waals surface area contributed by atoms with Gasteiger partial charge in [-0.1, -0.05) is 0 Å². The minimum Gasteiger partial charge on any atom is -0.461 e. The molecule has 108 valence electrons. The van der Waals surface area contributed by atoms with Gasteiger partial charge in [-0.2, -0.15) is 9.97 Å². The van der Waals surface area contributed by atoms with Crippen LogP contribution in [0.3, 0.4) is 0 Å². The van der Waals surface area contributed by atoms with E-state index < -0.39 is 0 Å². The van der Waals surface area contributed by atoms with Gasteiger partial charge in [0.1, 0.15) is 17.0 Å². The zero-order valence-corrected chi connectivity index (χ0v) is 12.4. The second-order valence-electron chi connectivity index (χ2n) is 3.46. The summed E-state index contributed by atoms with van der Waals surface area (Å²) >= 11 is 3.21. The number of aromatic nitrogens is 2. The Morgan fingerprint density at radius 2 is 1.68 bits per heavy atom. The molecule has 0 radical (unpaired) electrons. The van der Waals surface area contributed by atoms with Gasteiger partial charge in [-0.15, -0.1) is 0 Å². The summed E-state index contributed by atoms with van der Waals surface area (Å²) in [4.78, 5) is 7.93. The SMILES string of the molecule is COCCOCCOCCOc1nc(N)cc(Br)n1. The lowest BCUT2D eigenvalue weighted by atomic mass is 10.6. The molecule has 0 aromatic carbocycles. The van der Waals surface area contributed by atoms with Crippen LogP contribution in [0.25, 0.3) is 0 Å². The Morgan fingerprint density at radius 1 is 1.05 bits per heavy atom. The van der Waals surface area contributed by atoms with Crippen molar-refractivity contribution in [3.63, 3.8) is 0 Å². The van der Waals surface area contributed by atoms with E-state index in [1.807, 2.05) is 0 Å². The summed E-state index contributed by atoms with van der Waals surface area (Å²) in [5.74, 6) is 0.351. The van der Waals surface area contributed by atoms with Gasteiger partial charge in [0.2, 0.25) is 0 Å². The van der Waals surface area contributed by atoms with Crippen LogP contribution in [0.4, 0.5) is 5.82 Å². The summed E-state index contributed by atoms with van der Waals surface area (Å²) in [7, 11) is 1.63. The zero-order valence-electron chi connectivity index (χ0n) is 10.8. The third-order valence-corrected chi connectivity index (χ3v) is 2.36. The molecule has 0 bridgehead atoms. The van der Waals surface area contributed by atoms with E-state index in [2.05, 4.69) is 25.9 Å². The first-order valence-corrected chi connectivity index (χ1v) is 6.59. The van der Waals surface area contributed by atoms with Crippen LogP contribution in [0.5, 0.6) is 6.01 Å². The Balaban J connectivity index is 2.01. The molecule has 0 amide bonds. The summed E-state index contributed by atoms with van der Waals surface area (Å²) in [5, 5.41) is 0. The molecule has 0 aliphatic carbocycles. The molecule has 0 aliphatic heterocycles. The number of nitrogen functional groups attached to an aromatic ring is 1. The van der Waals surface area contributed by atoms with Gasteiger partial charge < -0.3 is 24.7 Å². The fourth-order valence-electron chi connectivity index (χ4n) is 1.13. The van der Waals surface area contributed by atoms with Gasteiger partial charge in [0.05, 0.1) is 33.0 Å². The Hall–Kier alpha value is -0.960. The monoisotopic (exact) mass is 335 g/mol. The van der Waals surface area contributed by atoms with Crippen LogP contribution in [-0.4, -0.2) is 56.7 Å². The van der Waals surface area contributed by atoms with Gasteiger partial charge in [-0.25, -0.2) is 0 Å². The summed E-state index contributed by atoms with van der Waals surface area (Å²) in [5.41, 5.74) is 5.55. The Morgan fingerprint density at radius 3 is 2.32 bits per heavy atom. The van der Waals surface area contributed by atoms with Crippen LogP contribution in [0, 0.1) is 0 Å². The number of rotatable bonds is 10. The Labute approximate surface area is 120 Å². The van der Waals surface area contributed by atoms with E-state index in [0.29, 0.717) is 50.1 Å². The highest BCUT2D eigenvalue weighted by molar-refractivity contribution is 9.10. The number of methoxy groups -OCH3 is 1. The summed E-state index contributed by atoms with van der Waals surface area (Å²) < 4.78 is 21.3. The third-order valence-electron chi connectivity index (χ3n) is 1.96. The van der Waals surface area contributed by atoms with Crippen molar-refractivity contribution in [3.05, 3.63) is 10.7 Å². The number of halogens is 1. The highest BCUT2D eigenvalue weighted by Crippen LogP contribution is 2.13. The summed E-state index contributed by atoms with van der Waals surface area (Å²) in [6.45, 7) is 2.99. The van der Waals surface area contributed by atoms with Crippen molar-refractivity contribution in [2.24, 2.45) is 0 Å². The number of hydrogen-bond acceptors (Lipinski definition) is 7. The standard InChI is InChI=1S/C11H18BrN3O4/c1-16-2-3-17-4-5-18-6-7-19-11-14-9(12)8-10(13)15-11/h8H,2-7H2,1H3,(H2,13,14,15). The van der Waals surface area contributed by atoms with Crippen LogP contribution >= 0.6 is 15.9 Å². The predicted octanol–water partition coefficient (Wildman–Crippen LogP) is 0.880. The molecule has 7 nitrogen and oxygen atoms in total. The van der Waals surface area contributed by atoms with E-state index in [-0.39, 0.29) is 6.01 Å². The van der Waals surface area contributed by atoms with E-state index in [9.17, 15) is 0 Å². The lowest BCUT2D eigenvalue weighted by Gasteiger charge is -2.07. The van der Waals surface area contributed by atoms with Crippen molar-refractivity contribution in [1.82, 2.24) is 9.97 Å². The molecular weight excluding hydrogens is 318 g/mol. The van der Waals surface area contributed by atoms with Crippen LogP contribution in [0.1, 0.15) is 0 Å². The molecule has 8 heteroatoms. The quantitative estimate of drug-likeness (QED) is 0.501. The fourth-order valence-corrected chi connectivity index (χ4v) is 1.52. The van der Waals surface area contributed by atoms with Crippen LogP contribution in [-0.2, 0) is 14.2 Å². The normalized spacial score (nSPS) is 10.6. The molecule has 0 unspecified atom stereocenters. The molecule has 0 spiro atoms. The lowest BCUT2D eigenvalue weighted by molar-refractivity contribution is 0.0173. The molecule has 1 heterocycles. The van der Waals surface area contributed by atoms with E-state index in [0.717, 1.165) is 0 Å². The molecule has 0 aliphatic rings. The van der Waals surface area contributed by atoms with Crippen molar-refractivity contribution in [2.45, 2.75) is 0 Å². The molecule has 1 aromatic heterocycles. The minimum absolute atomic E-state index is 0.229.